The van der Waals surface area contributed by atoms with Crippen LogP contribution in [0.4, 0.5) is 13.2 Å². The van der Waals surface area contributed by atoms with Crippen molar-refractivity contribution < 1.29 is 27.8 Å². The van der Waals surface area contributed by atoms with Crippen molar-refractivity contribution in [2.45, 2.75) is 49.7 Å². The Balaban J connectivity index is 1.11. The SMILES string of the molecule is O=C(CNCc1ccc(Oc2cccc(C(F)(F)F)c2)cc1)N1CCc2nc(C3CCC3)n(-c3ccccc3O)c(=O)c2C1S. The molecule has 1 unspecified atom stereocenters. The average Bonchev–Trinajstić information content (AvgIpc) is 2.98. The van der Waals surface area contributed by atoms with Gasteiger partial charge in [0.1, 0.15) is 28.4 Å². The van der Waals surface area contributed by atoms with Crippen LogP contribution in [0.2, 0.25) is 0 Å². The lowest BCUT2D eigenvalue weighted by molar-refractivity contribution is -0.137. The highest BCUT2D eigenvalue weighted by Crippen LogP contribution is 2.39. The molecule has 2 N–H and O–H groups in total. The number of aromatic nitrogens is 2. The Kier molecular flexibility index (Phi) is 8.61. The molecular weight excluding hydrogens is 605 g/mol. The first-order valence-electron chi connectivity index (χ1n) is 14.7. The lowest BCUT2D eigenvalue weighted by Gasteiger charge is -2.35. The molecule has 0 spiro atoms. The topological polar surface area (TPSA) is 96.7 Å². The van der Waals surface area contributed by atoms with Crippen LogP contribution in [-0.2, 0) is 23.9 Å². The number of nitrogens with one attached hydrogen (secondary N) is 1. The number of para-hydroxylation sites is 2. The number of alkyl halides is 3. The van der Waals surface area contributed by atoms with Crippen LogP contribution >= 0.6 is 12.6 Å². The molecule has 1 aliphatic carbocycles. The summed E-state index contributed by atoms with van der Waals surface area (Å²) in [4.78, 5) is 33.7. The molecular formula is C33H31F3N4O4S. The highest BCUT2D eigenvalue weighted by atomic mass is 32.1. The fourth-order valence-corrected chi connectivity index (χ4v) is 6.10. The van der Waals surface area contributed by atoms with Gasteiger partial charge in [-0.15, -0.1) is 12.6 Å². The van der Waals surface area contributed by atoms with E-state index in [0.717, 1.165) is 37.0 Å². The molecule has 2 heterocycles. The van der Waals surface area contributed by atoms with Crippen LogP contribution in [0.25, 0.3) is 5.69 Å². The molecule has 45 heavy (non-hydrogen) atoms. The zero-order valence-corrected chi connectivity index (χ0v) is 25.0. The largest absolute Gasteiger partial charge is 0.506 e. The van der Waals surface area contributed by atoms with E-state index in [2.05, 4.69) is 5.32 Å². The van der Waals surface area contributed by atoms with Crippen molar-refractivity contribution in [2.75, 3.05) is 13.1 Å². The number of hydrogen-bond acceptors (Lipinski definition) is 7. The maximum Gasteiger partial charge on any atom is 0.416 e. The first-order valence-corrected chi connectivity index (χ1v) is 15.2. The van der Waals surface area contributed by atoms with Gasteiger partial charge in [0, 0.05) is 25.4 Å². The monoisotopic (exact) mass is 636 g/mol. The maximum atomic E-state index is 14.0. The van der Waals surface area contributed by atoms with Crippen molar-refractivity contribution in [2.24, 2.45) is 0 Å². The number of fused-ring (bicyclic) bond motifs is 1. The number of phenols is 1. The van der Waals surface area contributed by atoms with Crippen molar-refractivity contribution >= 4 is 18.5 Å². The molecule has 6 rings (SSSR count). The van der Waals surface area contributed by atoms with Crippen molar-refractivity contribution in [1.29, 1.82) is 0 Å². The first kappa shape index (κ1) is 30.7. The lowest BCUT2D eigenvalue weighted by atomic mass is 9.84. The van der Waals surface area contributed by atoms with Crippen LogP contribution in [0.5, 0.6) is 17.2 Å². The molecule has 3 aromatic carbocycles. The Hall–Kier alpha value is -4.29. The van der Waals surface area contributed by atoms with E-state index in [1.165, 1.54) is 22.8 Å². The van der Waals surface area contributed by atoms with Gasteiger partial charge in [-0.3, -0.25) is 14.2 Å². The third kappa shape index (κ3) is 6.43. The van der Waals surface area contributed by atoms with E-state index in [0.29, 0.717) is 48.0 Å². The predicted octanol–water partition coefficient (Wildman–Crippen LogP) is 6.12. The summed E-state index contributed by atoms with van der Waals surface area (Å²) < 4.78 is 46.0. The van der Waals surface area contributed by atoms with Gasteiger partial charge < -0.3 is 20.1 Å². The Morgan fingerprint density at radius 3 is 2.49 bits per heavy atom. The lowest BCUT2D eigenvalue weighted by Crippen LogP contribution is -2.46. The van der Waals surface area contributed by atoms with Gasteiger partial charge in [-0.1, -0.05) is 36.8 Å². The van der Waals surface area contributed by atoms with Crippen molar-refractivity contribution in [3.05, 3.63) is 111 Å². The smallest absolute Gasteiger partial charge is 0.416 e. The molecule has 2 aliphatic rings. The van der Waals surface area contributed by atoms with Gasteiger partial charge in [-0.25, -0.2) is 4.98 Å². The minimum atomic E-state index is -4.46. The molecule has 12 heteroatoms. The number of carbonyl (C=O) groups excluding carboxylic acids is 1. The quantitative estimate of drug-likeness (QED) is 0.202. The minimum Gasteiger partial charge on any atom is -0.506 e. The van der Waals surface area contributed by atoms with E-state index in [-0.39, 0.29) is 35.4 Å². The fraction of sp³-hybridized carbons (Fsp3) is 0.303. The zero-order valence-electron chi connectivity index (χ0n) is 24.1. The summed E-state index contributed by atoms with van der Waals surface area (Å²) in [5.74, 6) is 0.962. The number of aromatic hydroxyl groups is 1. The summed E-state index contributed by atoms with van der Waals surface area (Å²) in [6.07, 6.45) is -1.14. The Morgan fingerprint density at radius 1 is 1.04 bits per heavy atom. The highest BCUT2D eigenvalue weighted by molar-refractivity contribution is 7.80. The maximum absolute atomic E-state index is 14.0. The number of carbonyl (C=O) groups is 1. The normalized spacial score (nSPS) is 16.6. The van der Waals surface area contributed by atoms with Crippen molar-refractivity contribution in [3.63, 3.8) is 0 Å². The molecule has 234 valence electrons. The third-order valence-corrected chi connectivity index (χ3v) is 8.74. The Morgan fingerprint density at radius 2 is 1.80 bits per heavy atom. The molecule has 1 aromatic heterocycles. The number of phenolic OH excluding ortho intramolecular Hbond substituents is 1. The summed E-state index contributed by atoms with van der Waals surface area (Å²) >= 11 is 4.70. The number of ether oxygens (including phenoxy) is 1. The third-order valence-electron chi connectivity index (χ3n) is 8.21. The molecule has 4 aromatic rings. The number of nitrogens with zero attached hydrogens (tertiary/aromatic N) is 3. The summed E-state index contributed by atoms with van der Waals surface area (Å²) in [6.45, 7) is 0.709. The van der Waals surface area contributed by atoms with Crippen molar-refractivity contribution in [3.8, 4) is 22.9 Å². The van der Waals surface area contributed by atoms with E-state index in [9.17, 15) is 27.9 Å². The standard InChI is InChI=1S/C33H31F3N4O4S/c34-33(35,36)22-7-4-8-24(17-22)44-23-13-11-20(12-14-23)18-37-19-28(42)39-16-15-25-29(32(39)45)31(43)40(26-9-1-2-10-27(26)41)30(38-25)21-5-3-6-21/h1-2,4,7-14,17,21,32,37,41,45H,3,5-6,15-16,18-19H2. The molecule has 1 amide bonds. The van der Waals surface area contributed by atoms with Gasteiger partial charge in [0.15, 0.2) is 0 Å². The predicted molar refractivity (Wildman–Crippen MR) is 165 cm³/mol. The number of benzene rings is 3. The average molecular weight is 637 g/mol. The number of amides is 1. The summed E-state index contributed by atoms with van der Waals surface area (Å²) in [7, 11) is 0. The van der Waals surface area contributed by atoms with E-state index in [4.69, 9.17) is 22.3 Å². The van der Waals surface area contributed by atoms with Gasteiger partial charge in [0.25, 0.3) is 5.56 Å². The van der Waals surface area contributed by atoms with Crippen LogP contribution < -0.4 is 15.6 Å². The molecule has 1 saturated carbocycles. The van der Waals surface area contributed by atoms with Crippen molar-refractivity contribution in [1.82, 2.24) is 19.8 Å². The van der Waals surface area contributed by atoms with Crippen LogP contribution in [-0.4, -0.2) is 38.6 Å². The Labute approximate surface area is 262 Å². The Bertz CT molecular complexity index is 1770. The molecule has 0 radical (unpaired) electrons. The minimum absolute atomic E-state index is 0.00384. The van der Waals surface area contributed by atoms with Crippen LogP contribution in [0.1, 0.15) is 58.8 Å². The molecule has 0 saturated heterocycles. The number of halogens is 3. The summed E-state index contributed by atoms with van der Waals surface area (Å²) in [6, 6.07) is 18.1. The highest BCUT2D eigenvalue weighted by Gasteiger charge is 2.36. The second-order valence-corrected chi connectivity index (χ2v) is 11.7. The first-order chi connectivity index (χ1) is 21.6. The van der Waals surface area contributed by atoms with Gasteiger partial charge >= 0.3 is 6.18 Å². The molecule has 1 atom stereocenters. The fourth-order valence-electron chi connectivity index (χ4n) is 5.60. The van der Waals surface area contributed by atoms with E-state index >= 15 is 0 Å². The van der Waals surface area contributed by atoms with Gasteiger partial charge in [-0.05, 0) is 60.9 Å². The van der Waals surface area contributed by atoms with Crippen LogP contribution in [0.15, 0.2) is 77.6 Å². The molecule has 8 nitrogen and oxygen atoms in total. The second kappa shape index (κ2) is 12.6. The molecule has 1 aliphatic heterocycles. The van der Waals surface area contributed by atoms with E-state index in [1.54, 1.807) is 47.4 Å². The van der Waals surface area contributed by atoms with E-state index in [1.807, 2.05) is 0 Å². The second-order valence-electron chi connectivity index (χ2n) is 11.2. The van der Waals surface area contributed by atoms with Gasteiger partial charge in [0.2, 0.25) is 5.91 Å². The zero-order chi connectivity index (χ0) is 31.7. The van der Waals surface area contributed by atoms with Gasteiger partial charge in [-0.2, -0.15) is 13.2 Å². The number of hydrogen-bond donors (Lipinski definition) is 3. The molecule has 0 bridgehead atoms. The number of rotatable bonds is 8. The number of thiol groups is 1. The molecule has 1 fully saturated rings. The van der Waals surface area contributed by atoms with E-state index < -0.39 is 17.1 Å². The summed E-state index contributed by atoms with van der Waals surface area (Å²) in [5.41, 5.74) is 1.04. The van der Waals surface area contributed by atoms with Crippen LogP contribution in [0.3, 0.4) is 0 Å². The summed E-state index contributed by atoms with van der Waals surface area (Å²) in [5, 5.41) is 12.9. The van der Waals surface area contributed by atoms with Gasteiger partial charge in [0.05, 0.1) is 29.1 Å². The van der Waals surface area contributed by atoms with Crippen LogP contribution in [0, 0.1) is 0 Å².